The van der Waals surface area contributed by atoms with E-state index in [0.29, 0.717) is 18.6 Å². The SMILES string of the molecule is CC(C)N(C)CCNC(=O)[C@H]1C[C@H](C)Nc2ccccc21. The van der Waals surface area contributed by atoms with Gasteiger partial charge in [-0.1, -0.05) is 18.2 Å². The van der Waals surface area contributed by atoms with Crippen molar-refractivity contribution >= 4 is 11.6 Å². The van der Waals surface area contributed by atoms with Crippen LogP contribution < -0.4 is 10.6 Å². The summed E-state index contributed by atoms with van der Waals surface area (Å²) in [6, 6.07) is 8.95. The summed E-state index contributed by atoms with van der Waals surface area (Å²) in [6.45, 7) is 8.03. The summed E-state index contributed by atoms with van der Waals surface area (Å²) in [6.07, 6.45) is 0.850. The summed E-state index contributed by atoms with van der Waals surface area (Å²) in [7, 11) is 2.08. The van der Waals surface area contributed by atoms with Crippen molar-refractivity contribution < 1.29 is 4.79 Å². The van der Waals surface area contributed by atoms with Gasteiger partial charge in [-0.3, -0.25) is 4.79 Å². The van der Waals surface area contributed by atoms with E-state index in [1.807, 2.05) is 12.1 Å². The Morgan fingerprint density at radius 3 is 2.86 bits per heavy atom. The highest BCUT2D eigenvalue weighted by molar-refractivity contribution is 5.86. The van der Waals surface area contributed by atoms with Gasteiger partial charge in [0.15, 0.2) is 0 Å². The largest absolute Gasteiger partial charge is 0.382 e. The molecular weight excluding hydrogens is 262 g/mol. The van der Waals surface area contributed by atoms with Gasteiger partial charge < -0.3 is 15.5 Å². The number of nitrogens with zero attached hydrogens (tertiary/aromatic N) is 1. The number of carbonyl (C=O) groups is 1. The zero-order valence-corrected chi connectivity index (χ0v) is 13.5. The van der Waals surface area contributed by atoms with Crippen LogP contribution in [0.4, 0.5) is 5.69 Å². The first-order valence-corrected chi connectivity index (χ1v) is 7.82. The quantitative estimate of drug-likeness (QED) is 0.875. The summed E-state index contributed by atoms with van der Waals surface area (Å²) in [5, 5.41) is 6.54. The Bertz CT molecular complexity index is 487. The minimum atomic E-state index is -0.0400. The van der Waals surface area contributed by atoms with Crippen LogP contribution in [-0.4, -0.2) is 43.0 Å². The van der Waals surface area contributed by atoms with Crippen molar-refractivity contribution in [2.45, 2.75) is 45.2 Å². The van der Waals surface area contributed by atoms with E-state index in [1.54, 1.807) is 0 Å². The Kier molecular flexibility index (Phi) is 5.23. The first kappa shape index (κ1) is 15.8. The van der Waals surface area contributed by atoms with Crippen molar-refractivity contribution in [3.05, 3.63) is 29.8 Å². The number of amides is 1. The van der Waals surface area contributed by atoms with Gasteiger partial charge in [0.1, 0.15) is 0 Å². The Morgan fingerprint density at radius 2 is 2.14 bits per heavy atom. The van der Waals surface area contributed by atoms with Gasteiger partial charge in [0, 0.05) is 30.9 Å². The summed E-state index contributed by atoms with van der Waals surface area (Å²) in [4.78, 5) is 14.7. The van der Waals surface area contributed by atoms with E-state index < -0.39 is 0 Å². The molecule has 1 aromatic rings. The number of anilines is 1. The molecule has 0 spiro atoms. The Morgan fingerprint density at radius 1 is 1.43 bits per heavy atom. The summed E-state index contributed by atoms with van der Waals surface area (Å²) in [5.41, 5.74) is 2.21. The van der Waals surface area contributed by atoms with E-state index in [9.17, 15) is 4.79 Å². The lowest BCUT2D eigenvalue weighted by Gasteiger charge is -2.31. The van der Waals surface area contributed by atoms with Crippen LogP contribution in [0, 0.1) is 0 Å². The second-order valence-corrected chi connectivity index (χ2v) is 6.29. The average molecular weight is 289 g/mol. The molecule has 0 radical (unpaired) electrons. The molecule has 0 aromatic heterocycles. The number of carbonyl (C=O) groups excluding carboxylic acids is 1. The molecule has 2 rings (SSSR count). The number of rotatable bonds is 5. The highest BCUT2D eigenvalue weighted by Gasteiger charge is 2.29. The molecule has 0 aliphatic carbocycles. The van der Waals surface area contributed by atoms with E-state index in [1.165, 1.54) is 0 Å². The van der Waals surface area contributed by atoms with Gasteiger partial charge in [-0.15, -0.1) is 0 Å². The molecule has 1 aliphatic rings. The molecular formula is C17H27N3O. The summed E-state index contributed by atoms with van der Waals surface area (Å²) in [5.74, 6) is 0.106. The van der Waals surface area contributed by atoms with Gasteiger partial charge in [-0.05, 0) is 45.9 Å². The summed E-state index contributed by atoms with van der Waals surface area (Å²) >= 11 is 0. The topological polar surface area (TPSA) is 44.4 Å². The molecule has 1 aliphatic heterocycles. The second kappa shape index (κ2) is 6.94. The number of hydrogen-bond donors (Lipinski definition) is 2. The molecule has 2 N–H and O–H groups in total. The Hall–Kier alpha value is -1.55. The lowest BCUT2D eigenvalue weighted by atomic mass is 9.87. The molecule has 1 heterocycles. The number of benzene rings is 1. The molecule has 0 unspecified atom stereocenters. The maximum absolute atomic E-state index is 12.5. The fourth-order valence-electron chi connectivity index (χ4n) is 2.72. The fraction of sp³-hybridized carbons (Fsp3) is 0.588. The van der Waals surface area contributed by atoms with Crippen molar-refractivity contribution in [3.63, 3.8) is 0 Å². The smallest absolute Gasteiger partial charge is 0.227 e. The van der Waals surface area contributed by atoms with Crippen LogP contribution in [0.25, 0.3) is 0 Å². The zero-order chi connectivity index (χ0) is 15.4. The fourth-order valence-corrected chi connectivity index (χ4v) is 2.72. The van der Waals surface area contributed by atoms with E-state index in [0.717, 1.165) is 24.2 Å². The number of hydrogen-bond acceptors (Lipinski definition) is 3. The van der Waals surface area contributed by atoms with Crippen LogP contribution in [-0.2, 0) is 4.79 Å². The third-order valence-corrected chi connectivity index (χ3v) is 4.29. The molecule has 0 saturated heterocycles. The number of nitrogens with one attached hydrogen (secondary N) is 2. The van der Waals surface area contributed by atoms with Crippen molar-refractivity contribution in [2.75, 3.05) is 25.5 Å². The molecule has 0 fully saturated rings. The molecule has 2 atom stereocenters. The average Bonchev–Trinajstić information content (AvgIpc) is 2.45. The highest BCUT2D eigenvalue weighted by atomic mass is 16.1. The van der Waals surface area contributed by atoms with Gasteiger partial charge in [0.2, 0.25) is 5.91 Å². The third kappa shape index (κ3) is 3.97. The van der Waals surface area contributed by atoms with Crippen LogP contribution in [0.15, 0.2) is 24.3 Å². The molecule has 0 saturated carbocycles. The lowest BCUT2D eigenvalue weighted by molar-refractivity contribution is -0.122. The predicted molar refractivity (Wildman–Crippen MR) is 87.7 cm³/mol. The Balaban J connectivity index is 1.96. The molecule has 4 heteroatoms. The molecule has 1 amide bonds. The minimum absolute atomic E-state index is 0.0400. The number of fused-ring (bicyclic) bond motifs is 1. The third-order valence-electron chi connectivity index (χ3n) is 4.29. The van der Waals surface area contributed by atoms with E-state index in [4.69, 9.17) is 0 Å². The van der Waals surface area contributed by atoms with Crippen LogP contribution in [0.2, 0.25) is 0 Å². The molecule has 116 valence electrons. The molecule has 4 nitrogen and oxygen atoms in total. The first-order chi connectivity index (χ1) is 9.99. The Labute approximate surface area is 127 Å². The maximum atomic E-state index is 12.5. The van der Waals surface area contributed by atoms with E-state index >= 15 is 0 Å². The van der Waals surface area contributed by atoms with Crippen molar-refractivity contribution in [2.24, 2.45) is 0 Å². The first-order valence-electron chi connectivity index (χ1n) is 7.82. The van der Waals surface area contributed by atoms with Crippen LogP contribution in [0.3, 0.4) is 0 Å². The summed E-state index contributed by atoms with van der Waals surface area (Å²) < 4.78 is 0. The van der Waals surface area contributed by atoms with Gasteiger partial charge in [0.05, 0.1) is 5.92 Å². The molecule has 21 heavy (non-hydrogen) atoms. The molecule has 0 bridgehead atoms. The number of likely N-dealkylation sites (N-methyl/N-ethyl adjacent to an activating group) is 1. The van der Waals surface area contributed by atoms with Gasteiger partial charge in [-0.2, -0.15) is 0 Å². The van der Waals surface area contributed by atoms with Crippen LogP contribution >= 0.6 is 0 Å². The standard InChI is InChI=1S/C17H27N3O/c1-12(2)20(4)10-9-18-17(21)15-11-13(3)19-16-8-6-5-7-14(15)16/h5-8,12-13,15,19H,9-11H2,1-4H3,(H,18,21)/t13-,15-/m0/s1. The predicted octanol–water partition coefficient (Wildman–Crippen LogP) is 2.43. The number of para-hydroxylation sites is 1. The normalized spacial score (nSPS) is 21.0. The van der Waals surface area contributed by atoms with Crippen molar-refractivity contribution in [1.82, 2.24) is 10.2 Å². The van der Waals surface area contributed by atoms with Gasteiger partial charge in [-0.25, -0.2) is 0 Å². The monoisotopic (exact) mass is 289 g/mol. The van der Waals surface area contributed by atoms with Gasteiger partial charge in [0.25, 0.3) is 0 Å². The second-order valence-electron chi connectivity index (χ2n) is 6.29. The van der Waals surface area contributed by atoms with Crippen LogP contribution in [0.5, 0.6) is 0 Å². The van der Waals surface area contributed by atoms with E-state index in [2.05, 4.69) is 55.5 Å². The lowest BCUT2D eigenvalue weighted by Crippen LogP contribution is -2.40. The van der Waals surface area contributed by atoms with Crippen molar-refractivity contribution in [3.8, 4) is 0 Å². The van der Waals surface area contributed by atoms with Crippen molar-refractivity contribution in [1.29, 1.82) is 0 Å². The maximum Gasteiger partial charge on any atom is 0.227 e. The minimum Gasteiger partial charge on any atom is -0.382 e. The highest BCUT2D eigenvalue weighted by Crippen LogP contribution is 2.33. The zero-order valence-electron chi connectivity index (χ0n) is 13.5. The van der Waals surface area contributed by atoms with Crippen LogP contribution in [0.1, 0.15) is 38.7 Å². The van der Waals surface area contributed by atoms with Gasteiger partial charge >= 0.3 is 0 Å². The van der Waals surface area contributed by atoms with E-state index in [-0.39, 0.29) is 11.8 Å². The molecule has 1 aromatic carbocycles.